The minimum absolute atomic E-state index is 0.244. The second kappa shape index (κ2) is 8.74. The summed E-state index contributed by atoms with van der Waals surface area (Å²) in [5.74, 6) is 0.262. The number of nitrogens with zero attached hydrogens (tertiary/aromatic N) is 2. The van der Waals surface area contributed by atoms with Gasteiger partial charge in [-0.2, -0.15) is 0 Å². The molecule has 0 atom stereocenters. The predicted molar refractivity (Wildman–Crippen MR) is 111 cm³/mol. The van der Waals surface area contributed by atoms with E-state index in [9.17, 15) is 9.59 Å². The van der Waals surface area contributed by atoms with Gasteiger partial charge in [-0.1, -0.05) is 44.2 Å². The number of anilines is 1. The SMILES string of the molecule is CCCOc1ccc(C2=C(N(C)c3ccccc3)C(=O)N(CCC)C2=O)cc1. The van der Waals surface area contributed by atoms with Gasteiger partial charge in [-0.25, -0.2) is 0 Å². The molecule has 146 valence electrons. The Hall–Kier alpha value is -3.08. The quantitative estimate of drug-likeness (QED) is 0.649. The van der Waals surface area contributed by atoms with E-state index in [4.69, 9.17) is 4.74 Å². The van der Waals surface area contributed by atoms with Gasteiger partial charge in [0.1, 0.15) is 11.4 Å². The van der Waals surface area contributed by atoms with Crippen LogP contribution < -0.4 is 9.64 Å². The molecule has 3 rings (SSSR count). The van der Waals surface area contributed by atoms with Crippen LogP contribution in [0.5, 0.6) is 5.75 Å². The number of hydrogen-bond donors (Lipinski definition) is 0. The molecule has 28 heavy (non-hydrogen) atoms. The van der Waals surface area contributed by atoms with Crippen molar-refractivity contribution in [3.63, 3.8) is 0 Å². The fraction of sp³-hybridized carbons (Fsp3) is 0.304. The zero-order valence-electron chi connectivity index (χ0n) is 16.6. The Morgan fingerprint density at radius 2 is 1.57 bits per heavy atom. The highest BCUT2D eigenvalue weighted by atomic mass is 16.5. The standard InChI is InChI=1S/C23H26N2O3/c1-4-15-25-22(26)20(17-11-13-19(14-12-17)28-16-5-2)21(23(25)27)24(3)18-9-7-6-8-10-18/h6-14H,4-5,15-16H2,1-3H3. The summed E-state index contributed by atoms with van der Waals surface area (Å²) < 4.78 is 5.64. The Morgan fingerprint density at radius 3 is 2.18 bits per heavy atom. The Morgan fingerprint density at radius 1 is 0.893 bits per heavy atom. The van der Waals surface area contributed by atoms with Gasteiger partial charge in [0.15, 0.2) is 0 Å². The molecule has 5 nitrogen and oxygen atoms in total. The van der Waals surface area contributed by atoms with Crippen molar-refractivity contribution >= 4 is 23.1 Å². The molecule has 2 aromatic rings. The molecule has 0 saturated heterocycles. The van der Waals surface area contributed by atoms with Gasteiger partial charge in [-0.15, -0.1) is 0 Å². The largest absolute Gasteiger partial charge is 0.494 e. The lowest BCUT2D eigenvalue weighted by Crippen LogP contribution is -2.34. The molecule has 2 amide bonds. The maximum atomic E-state index is 13.1. The van der Waals surface area contributed by atoms with Gasteiger partial charge in [0, 0.05) is 19.3 Å². The molecule has 0 saturated carbocycles. The first-order valence-electron chi connectivity index (χ1n) is 9.71. The van der Waals surface area contributed by atoms with Crippen LogP contribution >= 0.6 is 0 Å². The molecule has 0 fully saturated rings. The third-order valence-corrected chi connectivity index (χ3v) is 4.69. The predicted octanol–water partition coefficient (Wildman–Crippen LogP) is 4.10. The van der Waals surface area contributed by atoms with Crippen molar-refractivity contribution in [3.05, 3.63) is 65.9 Å². The van der Waals surface area contributed by atoms with Crippen LogP contribution in [0.3, 0.4) is 0 Å². The Balaban J connectivity index is 2.04. The van der Waals surface area contributed by atoms with E-state index in [2.05, 4.69) is 6.92 Å². The summed E-state index contributed by atoms with van der Waals surface area (Å²) >= 11 is 0. The zero-order chi connectivity index (χ0) is 20.1. The van der Waals surface area contributed by atoms with Crippen LogP contribution in [0.2, 0.25) is 0 Å². The summed E-state index contributed by atoms with van der Waals surface area (Å²) in [5, 5.41) is 0. The molecular weight excluding hydrogens is 352 g/mol. The minimum atomic E-state index is -0.250. The van der Waals surface area contributed by atoms with E-state index in [-0.39, 0.29) is 11.8 Å². The number of carbonyl (C=O) groups excluding carboxylic acids is 2. The number of para-hydroxylation sites is 1. The van der Waals surface area contributed by atoms with E-state index >= 15 is 0 Å². The molecule has 0 spiro atoms. The lowest BCUT2D eigenvalue weighted by atomic mass is 10.0. The highest BCUT2D eigenvalue weighted by Gasteiger charge is 2.40. The normalized spacial score (nSPS) is 14.0. The molecule has 0 unspecified atom stereocenters. The molecular formula is C23H26N2O3. The van der Waals surface area contributed by atoms with E-state index in [1.807, 2.05) is 68.6 Å². The van der Waals surface area contributed by atoms with E-state index in [1.54, 1.807) is 4.90 Å². The van der Waals surface area contributed by atoms with Crippen molar-refractivity contribution in [3.8, 4) is 5.75 Å². The number of imide groups is 1. The number of amides is 2. The van der Waals surface area contributed by atoms with Crippen molar-refractivity contribution in [1.82, 2.24) is 4.90 Å². The Kier molecular flexibility index (Phi) is 6.14. The Labute approximate surface area is 166 Å². The van der Waals surface area contributed by atoms with Gasteiger partial charge >= 0.3 is 0 Å². The fourth-order valence-electron chi connectivity index (χ4n) is 3.28. The van der Waals surface area contributed by atoms with Gasteiger partial charge in [-0.05, 0) is 42.7 Å². The van der Waals surface area contributed by atoms with Crippen molar-refractivity contribution < 1.29 is 14.3 Å². The van der Waals surface area contributed by atoms with E-state index < -0.39 is 0 Å². The summed E-state index contributed by atoms with van der Waals surface area (Å²) in [4.78, 5) is 29.3. The van der Waals surface area contributed by atoms with Gasteiger partial charge in [0.2, 0.25) is 0 Å². The van der Waals surface area contributed by atoms with Crippen molar-refractivity contribution in [2.45, 2.75) is 26.7 Å². The smallest absolute Gasteiger partial charge is 0.278 e. The third kappa shape index (κ3) is 3.79. The van der Waals surface area contributed by atoms with Crippen LogP contribution in [0.15, 0.2) is 60.3 Å². The number of carbonyl (C=O) groups is 2. The maximum absolute atomic E-state index is 13.1. The first kappa shape index (κ1) is 19.7. The van der Waals surface area contributed by atoms with Gasteiger partial charge in [0.25, 0.3) is 11.8 Å². The maximum Gasteiger partial charge on any atom is 0.278 e. The Bertz CT molecular complexity index is 872. The molecule has 0 aliphatic carbocycles. The third-order valence-electron chi connectivity index (χ3n) is 4.69. The number of likely N-dealkylation sites (N-methyl/N-ethyl adjacent to an activating group) is 1. The van der Waals surface area contributed by atoms with Crippen LogP contribution in [0.25, 0.3) is 5.57 Å². The minimum Gasteiger partial charge on any atom is -0.494 e. The van der Waals surface area contributed by atoms with Crippen LogP contribution in [0.4, 0.5) is 5.69 Å². The number of rotatable bonds is 8. The fourth-order valence-corrected chi connectivity index (χ4v) is 3.28. The second-order valence-corrected chi connectivity index (χ2v) is 6.75. The molecule has 0 N–H and O–H groups in total. The first-order chi connectivity index (χ1) is 13.6. The monoisotopic (exact) mass is 378 g/mol. The lowest BCUT2D eigenvalue weighted by molar-refractivity contribution is -0.136. The summed E-state index contributed by atoms with van der Waals surface area (Å²) in [5.41, 5.74) is 2.43. The molecule has 5 heteroatoms. The summed E-state index contributed by atoms with van der Waals surface area (Å²) in [7, 11) is 1.82. The molecule has 0 aromatic heterocycles. The van der Waals surface area contributed by atoms with Gasteiger partial charge in [-0.3, -0.25) is 14.5 Å². The van der Waals surface area contributed by atoms with Crippen LogP contribution in [0.1, 0.15) is 32.3 Å². The molecule has 2 aromatic carbocycles. The van der Waals surface area contributed by atoms with Gasteiger partial charge in [0.05, 0.1) is 12.2 Å². The van der Waals surface area contributed by atoms with Crippen molar-refractivity contribution in [2.75, 3.05) is 25.1 Å². The summed E-state index contributed by atoms with van der Waals surface area (Å²) in [6, 6.07) is 17.0. The van der Waals surface area contributed by atoms with Gasteiger partial charge < -0.3 is 9.64 Å². The number of ether oxygens (including phenoxy) is 1. The zero-order valence-corrected chi connectivity index (χ0v) is 16.6. The lowest BCUT2D eigenvalue weighted by Gasteiger charge is -2.21. The van der Waals surface area contributed by atoms with E-state index in [0.717, 1.165) is 29.8 Å². The molecule has 1 heterocycles. The highest BCUT2D eigenvalue weighted by molar-refractivity contribution is 6.36. The molecule has 0 bridgehead atoms. The highest BCUT2D eigenvalue weighted by Crippen LogP contribution is 2.34. The average Bonchev–Trinajstić information content (AvgIpc) is 2.98. The summed E-state index contributed by atoms with van der Waals surface area (Å²) in [6.07, 6.45) is 1.65. The molecule has 1 aliphatic rings. The second-order valence-electron chi connectivity index (χ2n) is 6.75. The summed E-state index contributed by atoms with van der Waals surface area (Å²) in [6.45, 7) is 5.06. The topological polar surface area (TPSA) is 49.9 Å². The first-order valence-corrected chi connectivity index (χ1v) is 9.71. The van der Waals surface area contributed by atoms with Crippen LogP contribution in [-0.4, -0.2) is 36.9 Å². The van der Waals surface area contributed by atoms with Crippen LogP contribution in [-0.2, 0) is 9.59 Å². The van der Waals surface area contributed by atoms with Crippen molar-refractivity contribution in [2.24, 2.45) is 0 Å². The van der Waals surface area contributed by atoms with E-state index in [0.29, 0.717) is 24.4 Å². The number of benzene rings is 2. The van der Waals surface area contributed by atoms with E-state index in [1.165, 1.54) is 4.90 Å². The molecule has 1 aliphatic heterocycles. The average molecular weight is 378 g/mol. The molecule has 0 radical (unpaired) electrons. The van der Waals surface area contributed by atoms with Crippen LogP contribution in [0, 0.1) is 0 Å². The number of hydrogen-bond acceptors (Lipinski definition) is 4. The van der Waals surface area contributed by atoms with Crippen molar-refractivity contribution in [1.29, 1.82) is 0 Å².